The van der Waals surface area contributed by atoms with Crippen molar-refractivity contribution in [3.63, 3.8) is 0 Å². The first kappa shape index (κ1) is 18.8. The Kier molecular flexibility index (Phi) is 6.84. The molecular formula is C15H20ClN3O4. The predicted octanol–water partition coefficient (Wildman–Crippen LogP) is 2.02. The van der Waals surface area contributed by atoms with Crippen molar-refractivity contribution < 1.29 is 19.1 Å². The highest BCUT2D eigenvalue weighted by Crippen LogP contribution is 2.09. The summed E-state index contributed by atoms with van der Waals surface area (Å²) in [7, 11) is 0. The highest BCUT2D eigenvalue weighted by atomic mass is 35.5. The van der Waals surface area contributed by atoms with E-state index in [1.807, 2.05) is 0 Å². The van der Waals surface area contributed by atoms with Crippen molar-refractivity contribution in [3.8, 4) is 0 Å². The van der Waals surface area contributed by atoms with Gasteiger partial charge < -0.3 is 10.1 Å². The van der Waals surface area contributed by atoms with Crippen molar-refractivity contribution >= 4 is 29.5 Å². The number of rotatable bonds is 4. The van der Waals surface area contributed by atoms with Crippen LogP contribution in [0.4, 0.5) is 4.79 Å². The molecule has 1 aromatic rings. The summed E-state index contributed by atoms with van der Waals surface area (Å²) in [4.78, 5) is 34.7. The molecule has 23 heavy (non-hydrogen) atoms. The van der Waals surface area contributed by atoms with Gasteiger partial charge in [0.15, 0.2) is 0 Å². The molecule has 3 N–H and O–H groups in total. The molecule has 0 fully saturated rings. The zero-order chi connectivity index (χ0) is 17.5. The molecule has 7 nitrogen and oxygen atoms in total. The van der Waals surface area contributed by atoms with Crippen LogP contribution in [0.1, 0.15) is 37.6 Å². The van der Waals surface area contributed by atoms with Gasteiger partial charge in [0.2, 0.25) is 5.91 Å². The monoisotopic (exact) mass is 341 g/mol. The summed E-state index contributed by atoms with van der Waals surface area (Å²) in [6, 6.07) is 6.22. The van der Waals surface area contributed by atoms with Gasteiger partial charge >= 0.3 is 6.09 Å². The van der Waals surface area contributed by atoms with Gasteiger partial charge in [0, 0.05) is 23.6 Å². The zero-order valence-corrected chi connectivity index (χ0v) is 14.0. The summed E-state index contributed by atoms with van der Waals surface area (Å²) >= 11 is 5.72. The second kappa shape index (κ2) is 8.38. The van der Waals surface area contributed by atoms with E-state index in [2.05, 4.69) is 16.2 Å². The van der Waals surface area contributed by atoms with Gasteiger partial charge in [0.05, 0.1) is 0 Å². The van der Waals surface area contributed by atoms with Crippen LogP contribution in [-0.4, -0.2) is 30.1 Å². The Morgan fingerprint density at radius 1 is 1.09 bits per heavy atom. The van der Waals surface area contributed by atoms with Crippen LogP contribution < -0.4 is 16.2 Å². The Morgan fingerprint density at radius 3 is 2.26 bits per heavy atom. The molecule has 0 radical (unpaired) electrons. The number of ether oxygens (including phenoxy) is 1. The van der Waals surface area contributed by atoms with Gasteiger partial charge in [0.25, 0.3) is 5.91 Å². The van der Waals surface area contributed by atoms with E-state index in [9.17, 15) is 14.4 Å². The smallest absolute Gasteiger partial charge is 0.407 e. The maximum absolute atomic E-state index is 11.7. The number of alkyl carbamates (subject to hydrolysis) is 1. The summed E-state index contributed by atoms with van der Waals surface area (Å²) < 4.78 is 5.02. The molecule has 0 aromatic heterocycles. The van der Waals surface area contributed by atoms with Crippen LogP contribution in [0, 0.1) is 0 Å². The van der Waals surface area contributed by atoms with E-state index >= 15 is 0 Å². The number of benzene rings is 1. The van der Waals surface area contributed by atoms with Crippen molar-refractivity contribution in [3.05, 3.63) is 34.9 Å². The molecular weight excluding hydrogens is 322 g/mol. The molecule has 0 heterocycles. The molecule has 0 atom stereocenters. The van der Waals surface area contributed by atoms with Crippen LogP contribution >= 0.6 is 11.6 Å². The molecule has 1 aromatic carbocycles. The lowest BCUT2D eigenvalue weighted by atomic mass is 10.2. The normalized spacial score (nSPS) is 10.6. The Bertz CT molecular complexity index is 567. The van der Waals surface area contributed by atoms with Gasteiger partial charge in [-0.05, 0) is 45.0 Å². The first-order valence-electron chi connectivity index (χ1n) is 6.99. The molecule has 3 amide bonds. The van der Waals surface area contributed by atoms with Crippen LogP contribution in [-0.2, 0) is 9.53 Å². The summed E-state index contributed by atoms with van der Waals surface area (Å²) in [6.45, 7) is 5.32. The average Bonchev–Trinajstić information content (AvgIpc) is 2.43. The quantitative estimate of drug-likeness (QED) is 0.730. The Morgan fingerprint density at radius 2 is 1.70 bits per heavy atom. The number of amides is 3. The number of hydrogen-bond acceptors (Lipinski definition) is 4. The van der Waals surface area contributed by atoms with Crippen LogP contribution in [0.3, 0.4) is 0 Å². The maximum atomic E-state index is 11.7. The number of carbonyl (C=O) groups is 3. The molecule has 0 aliphatic rings. The topological polar surface area (TPSA) is 96.5 Å². The minimum atomic E-state index is -0.601. The second-order valence-corrected chi connectivity index (χ2v) is 6.12. The van der Waals surface area contributed by atoms with Gasteiger partial charge in [-0.3, -0.25) is 20.4 Å². The van der Waals surface area contributed by atoms with Crippen LogP contribution in [0.2, 0.25) is 5.02 Å². The number of carbonyl (C=O) groups excluding carboxylic acids is 3. The van der Waals surface area contributed by atoms with Crippen molar-refractivity contribution in [2.24, 2.45) is 0 Å². The zero-order valence-electron chi connectivity index (χ0n) is 13.2. The lowest BCUT2D eigenvalue weighted by Gasteiger charge is -2.19. The third-order valence-electron chi connectivity index (χ3n) is 2.44. The van der Waals surface area contributed by atoms with Crippen LogP contribution in [0.15, 0.2) is 24.3 Å². The first-order valence-corrected chi connectivity index (χ1v) is 7.37. The fourth-order valence-electron chi connectivity index (χ4n) is 1.45. The summed E-state index contributed by atoms with van der Waals surface area (Å²) in [5.74, 6) is -0.904. The minimum Gasteiger partial charge on any atom is -0.444 e. The molecule has 0 saturated carbocycles. The number of nitrogens with one attached hydrogen (secondary N) is 3. The van der Waals surface area contributed by atoms with E-state index in [0.29, 0.717) is 10.6 Å². The van der Waals surface area contributed by atoms with Gasteiger partial charge in [-0.15, -0.1) is 0 Å². The minimum absolute atomic E-state index is 0.000140. The van der Waals surface area contributed by atoms with E-state index in [1.54, 1.807) is 32.9 Å². The number of hydrogen-bond donors (Lipinski definition) is 3. The highest BCUT2D eigenvalue weighted by Gasteiger charge is 2.16. The Balaban J connectivity index is 2.25. The van der Waals surface area contributed by atoms with E-state index in [4.69, 9.17) is 16.3 Å². The maximum Gasteiger partial charge on any atom is 0.407 e. The fourth-order valence-corrected chi connectivity index (χ4v) is 1.58. The standard InChI is InChI=1S/C15H20ClN3O4/c1-15(2,3)23-14(22)17-9-8-12(20)18-19-13(21)10-4-6-11(16)7-5-10/h4-7H,8-9H2,1-3H3,(H,17,22)(H,18,20)(H,19,21). The van der Waals surface area contributed by atoms with E-state index in [-0.39, 0.29) is 13.0 Å². The van der Waals surface area contributed by atoms with Crippen molar-refractivity contribution in [1.29, 1.82) is 0 Å². The van der Waals surface area contributed by atoms with Crippen LogP contribution in [0.5, 0.6) is 0 Å². The average molecular weight is 342 g/mol. The van der Waals surface area contributed by atoms with Crippen molar-refractivity contribution in [1.82, 2.24) is 16.2 Å². The van der Waals surface area contributed by atoms with Crippen LogP contribution in [0.25, 0.3) is 0 Å². The molecule has 0 aliphatic carbocycles. The molecule has 1 rings (SSSR count). The fraction of sp³-hybridized carbons (Fsp3) is 0.400. The van der Waals surface area contributed by atoms with E-state index < -0.39 is 23.5 Å². The second-order valence-electron chi connectivity index (χ2n) is 5.69. The summed E-state index contributed by atoms with van der Waals surface area (Å²) in [5.41, 5.74) is 4.29. The van der Waals surface area contributed by atoms with Gasteiger partial charge in [-0.25, -0.2) is 4.79 Å². The third kappa shape index (κ3) is 8.06. The Labute approximate surface area is 139 Å². The molecule has 0 unspecified atom stereocenters. The molecule has 0 saturated heterocycles. The van der Waals surface area contributed by atoms with Crippen molar-refractivity contribution in [2.45, 2.75) is 32.8 Å². The van der Waals surface area contributed by atoms with Gasteiger partial charge in [-0.1, -0.05) is 11.6 Å². The largest absolute Gasteiger partial charge is 0.444 e. The lowest BCUT2D eigenvalue weighted by Crippen LogP contribution is -2.43. The molecule has 0 bridgehead atoms. The van der Waals surface area contributed by atoms with Crippen molar-refractivity contribution in [2.75, 3.05) is 6.54 Å². The molecule has 0 spiro atoms. The SMILES string of the molecule is CC(C)(C)OC(=O)NCCC(=O)NNC(=O)c1ccc(Cl)cc1. The number of halogens is 1. The third-order valence-corrected chi connectivity index (χ3v) is 2.69. The summed E-state index contributed by atoms with van der Waals surface area (Å²) in [6.07, 6.45) is -0.601. The molecule has 8 heteroatoms. The number of hydrazine groups is 1. The molecule has 126 valence electrons. The first-order chi connectivity index (χ1) is 10.7. The van der Waals surface area contributed by atoms with E-state index in [0.717, 1.165) is 0 Å². The van der Waals surface area contributed by atoms with Gasteiger partial charge in [0.1, 0.15) is 5.60 Å². The van der Waals surface area contributed by atoms with E-state index in [1.165, 1.54) is 12.1 Å². The Hall–Kier alpha value is -2.28. The summed E-state index contributed by atoms with van der Waals surface area (Å²) in [5, 5.41) is 2.96. The predicted molar refractivity (Wildman–Crippen MR) is 85.9 cm³/mol. The molecule has 0 aliphatic heterocycles. The lowest BCUT2D eigenvalue weighted by molar-refractivity contribution is -0.121. The highest BCUT2D eigenvalue weighted by molar-refractivity contribution is 6.30. The van der Waals surface area contributed by atoms with Gasteiger partial charge in [-0.2, -0.15) is 0 Å².